The van der Waals surface area contributed by atoms with Crippen molar-refractivity contribution in [3.63, 3.8) is 0 Å². The first-order valence-corrected chi connectivity index (χ1v) is 10.8. The average molecular weight is 354 g/mol. The summed E-state index contributed by atoms with van der Waals surface area (Å²) in [6, 6.07) is 7.43. The van der Waals surface area contributed by atoms with E-state index in [-0.39, 0.29) is 5.41 Å². The first-order chi connectivity index (χ1) is 11.2. The van der Waals surface area contributed by atoms with Crippen LogP contribution in [-0.2, 0) is 15.4 Å². The summed E-state index contributed by atoms with van der Waals surface area (Å²) in [5, 5.41) is 0. The van der Waals surface area contributed by atoms with Crippen molar-refractivity contribution in [2.45, 2.75) is 83.5 Å². The van der Waals surface area contributed by atoms with E-state index in [1.54, 1.807) is 16.4 Å². The number of hydrogen-bond acceptors (Lipinski definition) is 2. The minimum atomic E-state index is -3.39. The Morgan fingerprint density at radius 1 is 0.833 bits per heavy atom. The molecular weight excluding hydrogens is 318 g/mol. The molecule has 1 aromatic carbocycles. The molecule has 0 bridgehead atoms. The summed E-state index contributed by atoms with van der Waals surface area (Å²) < 4.78 is 27.7. The van der Waals surface area contributed by atoms with Gasteiger partial charge in [0.25, 0.3) is 0 Å². The lowest BCUT2D eigenvalue weighted by molar-refractivity contribution is 0.388. The number of hydrogen-bond donors (Lipinski definition) is 0. The summed E-state index contributed by atoms with van der Waals surface area (Å²) in [5.74, 6) is 0. The molecule has 0 N–H and O–H groups in total. The Morgan fingerprint density at radius 3 is 1.67 bits per heavy atom. The van der Waals surface area contributed by atoms with E-state index in [0.717, 1.165) is 44.1 Å². The van der Waals surface area contributed by atoms with E-state index >= 15 is 0 Å². The Hall–Kier alpha value is -0.870. The van der Waals surface area contributed by atoms with Crippen LogP contribution in [0.4, 0.5) is 0 Å². The highest BCUT2D eigenvalue weighted by Gasteiger charge is 2.24. The highest BCUT2D eigenvalue weighted by atomic mass is 32.2. The minimum absolute atomic E-state index is 0.0320. The van der Waals surface area contributed by atoms with E-state index in [4.69, 9.17) is 0 Å². The molecule has 0 aliphatic rings. The molecular formula is C20H35NO2S. The van der Waals surface area contributed by atoms with Gasteiger partial charge in [0.2, 0.25) is 10.0 Å². The van der Waals surface area contributed by atoms with Crippen molar-refractivity contribution in [3.05, 3.63) is 29.8 Å². The molecule has 0 saturated heterocycles. The zero-order chi connectivity index (χ0) is 18.2. The van der Waals surface area contributed by atoms with E-state index < -0.39 is 10.0 Å². The van der Waals surface area contributed by atoms with Crippen LogP contribution >= 0.6 is 0 Å². The molecule has 0 aliphatic heterocycles. The normalized spacial score (nSPS) is 12.8. The second-order valence-corrected chi connectivity index (χ2v) is 9.53. The molecule has 0 radical (unpaired) electrons. The van der Waals surface area contributed by atoms with Crippen LogP contribution in [0.5, 0.6) is 0 Å². The molecule has 0 unspecified atom stereocenters. The monoisotopic (exact) mass is 353 g/mol. The molecule has 0 atom stereocenters. The van der Waals surface area contributed by atoms with Crippen molar-refractivity contribution in [3.8, 4) is 0 Å². The zero-order valence-corrected chi connectivity index (χ0v) is 17.0. The largest absolute Gasteiger partial charge is 0.243 e. The lowest BCUT2D eigenvalue weighted by atomic mass is 9.87. The van der Waals surface area contributed by atoms with Crippen LogP contribution in [0.1, 0.15) is 78.7 Å². The van der Waals surface area contributed by atoms with Crippen LogP contribution in [-0.4, -0.2) is 25.8 Å². The molecule has 3 nitrogen and oxygen atoms in total. The molecule has 0 spiro atoms. The zero-order valence-electron chi connectivity index (χ0n) is 16.1. The fourth-order valence-corrected chi connectivity index (χ4v) is 4.22. The molecule has 0 fully saturated rings. The summed E-state index contributed by atoms with van der Waals surface area (Å²) >= 11 is 0. The Kier molecular flexibility index (Phi) is 8.44. The highest BCUT2D eigenvalue weighted by Crippen LogP contribution is 2.25. The van der Waals surface area contributed by atoms with Crippen molar-refractivity contribution < 1.29 is 8.42 Å². The van der Waals surface area contributed by atoms with Gasteiger partial charge < -0.3 is 0 Å². The Balaban J connectivity index is 2.96. The van der Waals surface area contributed by atoms with Gasteiger partial charge in [-0.15, -0.1) is 0 Å². The third-order valence-corrected chi connectivity index (χ3v) is 6.29. The molecule has 0 heterocycles. The molecule has 1 rings (SSSR count). The third-order valence-electron chi connectivity index (χ3n) is 4.38. The van der Waals surface area contributed by atoms with Gasteiger partial charge in [0.1, 0.15) is 0 Å². The molecule has 0 saturated carbocycles. The number of rotatable bonds is 10. The summed E-state index contributed by atoms with van der Waals surface area (Å²) in [5.41, 5.74) is 1.19. The topological polar surface area (TPSA) is 37.4 Å². The van der Waals surface area contributed by atoms with Crippen molar-refractivity contribution in [2.75, 3.05) is 13.1 Å². The smallest absolute Gasteiger partial charge is 0.207 e. The first kappa shape index (κ1) is 21.2. The third kappa shape index (κ3) is 6.21. The lowest BCUT2D eigenvalue weighted by Crippen LogP contribution is -2.33. The molecule has 1 aromatic rings. The van der Waals surface area contributed by atoms with E-state index in [2.05, 4.69) is 34.6 Å². The van der Waals surface area contributed by atoms with Gasteiger partial charge in [-0.1, -0.05) is 72.4 Å². The molecule has 0 amide bonds. The molecule has 0 aromatic heterocycles. The number of sulfonamides is 1. The van der Waals surface area contributed by atoms with Crippen LogP contribution in [0.15, 0.2) is 29.2 Å². The minimum Gasteiger partial charge on any atom is -0.207 e. The summed E-state index contributed by atoms with van der Waals surface area (Å²) in [6.07, 6.45) is 6.21. The van der Waals surface area contributed by atoms with Crippen LogP contribution in [0.25, 0.3) is 0 Å². The first-order valence-electron chi connectivity index (χ1n) is 9.34. The van der Waals surface area contributed by atoms with Gasteiger partial charge >= 0.3 is 0 Å². The second-order valence-electron chi connectivity index (χ2n) is 7.59. The van der Waals surface area contributed by atoms with Crippen LogP contribution in [0, 0.1) is 0 Å². The summed E-state index contributed by atoms with van der Waals surface area (Å²) in [6.45, 7) is 11.9. The Labute approximate surface area is 149 Å². The van der Waals surface area contributed by atoms with Crippen molar-refractivity contribution in [1.82, 2.24) is 4.31 Å². The maximum Gasteiger partial charge on any atom is 0.243 e. The van der Waals surface area contributed by atoms with Gasteiger partial charge in [0.05, 0.1) is 4.90 Å². The quantitative estimate of drug-likeness (QED) is 0.531. The summed E-state index contributed by atoms with van der Waals surface area (Å²) in [7, 11) is -3.39. The van der Waals surface area contributed by atoms with Crippen molar-refractivity contribution in [2.24, 2.45) is 0 Å². The van der Waals surface area contributed by atoms with E-state index in [1.807, 2.05) is 12.1 Å². The van der Waals surface area contributed by atoms with Crippen LogP contribution in [0.2, 0.25) is 0 Å². The van der Waals surface area contributed by atoms with Crippen LogP contribution in [0.3, 0.4) is 0 Å². The maximum absolute atomic E-state index is 13.0. The second kappa shape index (κ2) is 9.57. The lowest BCUT2D eigenvalue weighted by Gasteiger charge is -2.23. The fourth-order valence-electron chi connectivity index (χ4n) is 2.70. The van der Waals surface area contributed by atoms with Gasteiger partial charge in [-0.2, -0.15) is 4.31 Å². The predicted octanol–water partition coefficient (Wildman–Crippen LogP) is 5.36. The average Bonchev–Trinajstić information content (AvgIpc) is 2.53. The fraction of sp³-hybridized carbons (Fsp3) is 0.700. The van der Waals surface area contributed by atoms with Gasteiger partial charge in [-0.3, -0.25) is 0 Å². The Bertz CT molecular complexity index is 561. The maximum atomic E-state index is 13.0. The van der Waals surface area contributed by atoms with E-state index in [9.17, 15) is 8.42 Å². The van der Waals surface area contributed by atoms with Crippen molar-refractivity contribution in [1.29, 1.82) is 0 Å². The summed E-state index contributed by atoms with van der Waals surface area (Å²) in [4.78, 5) is 0.420. The molecule has 0 aliphatic carbocycles. The molecule has 138 valence electrons. The predicted molar refractivity (Wildman–Crippen MR) is 103 cm³/mol. The van der Waals surface area contributed by atoms with E-state index in [0.29, 0.717) is 18.0 Å². The van der Waals surface area contributed by atoms with E-state index in [1.165, 1.54) is 0 Å². The standard InChI is InChI=1S/C20H35NO2S/c1-6-8-10-16-21(17-11-9-7-2)24(22,23)19-14-12-18(13-15-19)20(3,4)5/h12-15H,6-11,16-17H2,1-5H3. The van der Waals surface area contributed by atoms with Gasteiger partial charge in [0.15, 0.2) is 0 Å². The van der Waals surface area contributed by atoms with Gasteiger partial charge in [0, 0.05) is 13.1 Å². The van der Waals surface area contributed by atoms with Crippen LogP contribution < -0.4 is 0 Å². The number of nitrogens with zero attached hydrogens (tertiary/aromatic N) is 1. The number of benzene rings is 1. The highest BCUT2D eigenvalue weighted by molar-refractivity contribution is 7.89. The van der Waals surface area contributed by atoms with Crippen molar-refractivity contribution >= 4 is 10.0 Å². The SMILES string of the molecule is CCCCCN(CCCCC)S(=O)(=O)c1ccc(C(C)(C)C)cc1. The van der Waals surface area contributed by atoms with Gasteiger partial charge in [-0.05, 0) is 36.0 Å². The molecule has 4 heteroatoms. The number of unbranched alkanes of at least 4 members (excludes halogenated alkanes) is 4. The molecule has 24 heavy (non-hydrogen) atoms. The Morgan fingerprint density at radius 2 is 1.29 bits per heavy atom. The van der Waals surface area contributed by atoms with Gasteiger partial charge in [-0.25, -0.2) is 8.42 Å².